The summed E-state index contributed by atoms with van der Waals surface area (Å²) >= 11 is 8.15. The lowest BCUT2D eigenvalue weighted by Crippen LogP contribution is -2.34. The summed E-state index contributed by atoms with van der Waals surface area (Å²) in [6.45, 7) is 1.70. The highest BCUT2D eigenvalue weighted by atomic mass is 35.5. The minimum Gasteiger partial charge on any atom is -0.476 e. The predicted octanol–water partition coefficient (Wildman–Crippen LogP) is 4.25. The van der Waals surface area contributed by atoms with Crippen molar-refractivity contribution in [1.82, 2.24) is 19.7 Å². The normalized spacial score (nSPS) is 22.3. The second-order valence-electron chi connectivity index (χ2n) is 8.22. The lowest BCUT2D eigenvalue weighted by Gasteiger charge is -2.19. The zero-order valence-electron chi connectivity index (χ0n) is 17.1. The number of nitrogens with zero attached hydrogens (tertiary/aromatic N) is 4. The molecule has 3 atom stereocenters. The Morgan fingerprint density at radius 1 is 1.22 bits per heavy atom. The molecular weight excluding hydrogens is 452 g/mol. The Hall–Kier alpha value is -2.75. The van der Waals surface area contributed by atoms with Gasteiger partial charge in [0, 0.05) is 30.2 Å². The van der Waals surface area contributed by atoms with Crippen molar-refractivity contribution in [2.45, 2.75) is 25.6 Å². The molecule has 1 aromatic carbocycles. The molecule has 0 spiro atoms. The summed E-state index contributed by atoms with van der Waals surface area (Å²) in [5.74, 6) is -0.405. The topological polar surface area (TPSA) is 97.5 Å². The maximum Gasteiger partial charge on any atom is 0.356 e. The van der Waals surface area contributed by atoms with Gasteiger partial charge in [0.1, 0.15) is 0 Å². The first-order chi connectivity index (χ1) is 15.5. The van der Waals surface area contributed by atoms with Crippen LogP contribution in [0, 0.1) is 11.8 Å². The van der Waals surface area contributed by atoms with Gasteiger partial charge in [-0.3, -0.25) is 0 Å². The average Bonchev–Trinajstić information content (AvgIpc) is 3.56. The standard InChI is InChI=1S/C22H21ClN4O4S/c23-20-13(2-1-3-17(20)19-11-32-12-24-19)10-31-16-6-14-8-26(9-15(14)7-16)22(30)27-5-4-18(25-27)21(28)29/h1-5,11-12,14-16H,6-10H2,(H,28,29)/t14-,15+,16?. The number of ether oxygens (including phenoxy) is 1. The summed E-state index contributed by atoms with van der Waals surface area (Å²) in [7, 11) is 0. The van der Waals surface area contributed by atoms with Crippen LogP contribution >= 0.6 is 22.9 Å². The number of aromatic nitrogens is 3. The van der Waals surface area contributed by atoms with E-state index >= 15 is 0 Å². The summed E-state index contributed by atoms with van der Waals surface area (Å²) in [6, 6.07) is 6.96. The fourth-order valence-electron chi connectivity index (χ4n) is 4.67. The first-order valence-corrected chi connectivity index (χ1v) is 11.7. The molecule has 3 aromatic rings. The number of amides is 1. The van der Waals surface area contributed by atoms with E-state index in [9.17, 15) is 9.59 Å². The van der Waals surface area contributed by atoms with Crippen LogP contribution in [0.15, 0.2) is 41.4 Å². The molecule has 3 heterocycles. The number of carboxylic acid groups (broad SMARTS) is 1. The van der Waals surface area contributed by atoms with E-state index in [1.807, 2.05) is 23.6 Å². The second kappa shape index (κ2) is 8.65. The molecule has 1 saturated heterocycles. The quantitative estimate of drug-likeness (QED) is 0.596. The van der Waals surface area contributed by atoms with Gasteiger partial charge in [-0.15, -0.1) is 11.3 Å². The molecule has 2 aliphatic rings. The second-order valence-corrected chi connectivity index (χ2v) is 9.31. The van der Waals surface area contributed by atoms with Crippen molar-refractivity contribution in [3.63, 3.8) is 0 Å². The Bertz CT molecular complexity index is 1130. The van der Waals surface area contributed by atoms with Crippen molar-refractivity contribution < 1.29 is 19.4 Å². The first-order valence-electron chi connectivity index (χ1n) is 10.4. The molecule has 1 saturated carbocycles. The van der Waals surface area contributed by atoms with Gasteiger partial charge in [-0.25, -0.2) is 14.6 Å². The van der Waals surface area contributed by atoms with Crippen LogP contribution in [0.25, 0.3) is 11.3 Å². The van der Waals surface area contributed by atoms with Gasteiger partial charge in [-0.1, -0.05) is 29.8 Å². The first kappa shape index (κ1) is 21.1. The molecular formula is C22H21ClN4O4S. The summed E-state index contributed by atoms with van der Waals surface area (Å²) in [6.07, 6.45) is 3.30. The average molecular weight is 473 g/mol. The number of hydrogen-bond donors (Lipinski definition) is 1. The van der Waals surface area contributed by atoms with E-state index in [2.05, 4.69) is 10.1 Å². The Kier molecular flexibility index (Phi) is 5.71. The Labute approximate surface area is 193 Å². The number of carboxylic acids is 1. The molecule has 1 aliphatic carbocycles. The highest BCUT2D eigenvalue weighted by molar-refractivity contribution is 7.07. The van der Waals surface area contributed by atoms with E-state index in [-0.39, 0.29) is 17.8 Å². The van der Waals surface area contributed by atoms with Gasteiger partial charge < -0.3 is 14.7 Å². The smallest absolute Gasteiger partial charge is 0.356 e. The molecule has 0 radical (unpaired) electrons. The molecule has 166 valence electrons. The number of carbonyl (C=O) groups is 2. The molecule has 32 heavy (non-hydrogen) atoms. The van der Waals surface area contributed by atoms with Crippen LogP contribution in [0.2, 0.25) is 5.02 Å². The molecule has 10 heteroatoms. The SMILES string of the molecule is O=C(O)c1ccn(C(=O)N2C[C@H]3CC(OCc4cccc(-c5cscn5)c4Cl)C[C@H]3C2)n1. The summed E-state index contributed by atoms with van der Waals surface area (Å²) in [4.78, 5) is 29.7. The highest BCUT2D eigenvalue weighted by Gasteiger charge is 2.43. The zero-order valence-corrected chi connectivity index (χ0v) is 18.6. The Morgan fingerprint density at radius 2 is 2.00 bits per heavy atom. The van der Waals surface area contributed by atoms with Crippen LogP contribution in [0.5, 0.6) is 0 Å². The fraction of sp³-hybridized carbons (Fsp3) is 0.364. The number of benzene rings is 1. The van der Waals surface area contributed by atoms with Gasteiger partial charge in [0.25, 0.3) is 0 Å². The predicted molar refractivity (Wildman–Crippen MR) is 119 cm³/mol. The fourth-order valence-corrected chi connectivity index (χ4v) is 5.50. The van der Waals surface area contributed by atoms with Crippen LogP contribution in [0.3, 0.4) is 0 Å². The zero-order chi connectivity index (χ0) is 22.2. The van der Waals surface area contributed by atoms with E-state index in [4.69, 9.17) is 21.4 Å². The van der Waals surface area contributed by atoms with Gasteiger partial charge in [0.05, 0.1) is 28.9 Å². The van der Waals surface area contributed by atoms with Crippen LogP contribution in [0.4, 0.5) is 4.79 Å². The maximum absolute atomic E-state index is 12.7. The lowest BCUT2D eigenvalue weighted by atomic mass is 10.0. The number of fused-ring (bicyclic) bond motifs is 1. The van der Waals surface area contributed by atoms with Crippen LogP contribution in [-0.4, -0.2) is 56.0 Å². The largest absolute Gasteiger partial charge is 0.476 e. The van der Waals surface area contributed by atoms with E-state index in [1.165, 1.54) is 23.6 Å². The van der Waals surface area contributed by atoms with Crippen LogP contribution in [0.1, 0.15) is 28.9 Å². The maximum atomic E-state index is 12.7. The van der Waals surface area contributed by atoms with Crippen molar-refractivity contribution in [1.29, 1.82) is 0 Å². The monoisotopic (exact) mass is 472 g/mol. The molecule has 2 aromatic heterocycles. The number of rotatable bonds is 5. The molecule has 2 fully saturated rings. The molecule has 1 N–H and O–H groups in total. The third-order valence-corrected chi connectivity index (χ3v) is 7.28. The molecule has 0 bridgehead atoms. The molecule has 1 unspecified atom stereocenters. The number of halogens is 1. The van der Waals surface area contributed by atoms with E-state index in [0.717, 1.165) is 34.3 Å². The number of likely N-dealkylation sites (tertiary alicyclic amines) is 1. The van der Waals surface area contributed by atoms with Gasteiger partial charge in [0.15, 0.2) is 5.69 Å². The Balaban J connectivity index is 1.16. The summed E-state index contributed by atoms with van der Waals surface area (Å²) in [5, 5.41) is 15.5. The van der Waals surface area contributed by atoms with Gasteiger partial charge in [-0.05, 0) is 36.3 Å². The van der Waals surface area contributed by atoms with E-state index in [1.54, 1.807) is 10.4 Å². The third kappa shape index (κ3) is 4.03. The molecule has 1 amide bonds. The van der Waals surface area contributed by atoms with Crippen molar-refractivity contribution in [2.75, 3.05) is 13.1 Å². The Morgan fingerprint density at radius 3 is 2.66 bits per heavy atom. The molecule has 1 aliphatic heterocycles. The van der Waals surface area contributed by atoms with Crippen molar-refractivity contribution in [3.8, 4) is 11.3 Å². The number of carbonyl (C=O) groups excluding carboxylic acids is 1. The number of hydrogen-bond acceptors (Lipinski definition) is 6. The van der Waals surface area contributed by atoms with Gasteiger partial charge in [0.2, 0.25) is 0 Å². The van der Waals surface area contributed by atoms with Crippen molar-refractivity contribution in [3.05, 3.63) is 57.6 Å². The van der Waals surface area contributed by atoms with Crippen LogP contribution < -0.4 is 0 Å². The molecule has 8 nitrogen and oxygen atoms in total. The number of aromatic carboxylic acids is 1. The van der Waals surface area contributed by atoms with Crippen LogP contribution in [-0.2, 0) is 11.3 Å². The minimum atomic E-state index is -1.15. The van der Waals surface area contributed by atoms with Crippen molar-refractivity contribution in [2.24, 2.45) is 11.8 Å². The van der Waals surface area contributed by atoms with E-state index < -0.39 is 5.97 Å². The minimum absolute atomic E-state index is 0.129. The molecule has 5 rings (SSSR count). The highest BCUT2D eigenvalue weighted by Crippen LogP contribution is 2.40. The van der Waals surface area contributed by atoms with Gasteiger partial charge >= 0.3 is 12.0 Å². The van der Waals surface area contributed by atoms with Crippen molar-refractivity contribution >= 4 is 34.9 Å². The summed E-state index contributed by atoms with van der Waals surface area (Å²) in [5.41, 5.74) is 4.38. The van der Waals surface area contributed by atoms with Gasteiger partial charge in [-0.2, -0.15) is 9.78 Å². The third-order valence-electron chi connectivity index (χ3n) is 6.24. The lowest BCUT2D eigenvalue weighted by molar-refractivity contribution is 0.0384. The number of thiazole rings is 1. The van der Waals surface area contributed by atoms with E-state index in [0.29, 0.717) is 36.6 Å². The summed E-state index contributed by atoms with van der Waals surface area (Å²) < 4.78 is 7.31.